The van der Waals surface area contributed by atoms with E-state index in [2.05, 4.69) is 30.3 Å². The summed E-state index contributed by atoms with van der Waals surface area (Å²) in [6.45, 7) is 1.70. The van der Waals surface area contributed by atoms with Crippen molar-refractivity contribution in [2.45, 2.75) is 13.1 Å². The largest absolute Gasteiger partial charge is 0.480 e. The van der Waals surface area contributed by atoms with E-state index in [0.717, 1.165) is 0 Å². The number of aliphatic carboxylic acids is 1. The van der Waals surface area contributed by atoms with Gasteiger partial charge in [-0.3, -0.25) is 4.79 Å². The zero-order valence-electron chi connectivity index (χ0n) is 13.9. The third kappa shape index (κ3) is 4.94. The van der Waals surface area contributed by atoms with Gasteiger partial charge in [-0.05, 0) is 6.92 Å². The van der Waals surface area contributed by atoms with E-state index in [1.807, 2.05) is 0 Å². The van der Waals surface area contributed by atoms with Gasteiger partial charge in [0.2, 0.25) is 28.1 Å². The number of nitrogens with zero attached hydrogens (tertiary/aromatic N) is 4. The number of likely N-dealkylation sites (N-methyl/N-ethyl adjacent to an activating group) is 1. The van der Waals surface area contributed by atoms with E-state index in [-0.39, 0.29) is 47.8 Å². The summed E-state index contributed by atoms with van der Waals surface area (Å²) in [5.41, 5.74) is 0. The van der Waals surface area contributed by atoms with Crippen molar-refractivity contribution in [3.8, 4) is 0 Å². The van der Waals surface area contributed by atoms with Gasteiger partial charge < -0.3 is 20.8 Å². The molecule has 2 atom stereocenters. The summed E-state index contributed by atoms with van der Waals surface area (Å²) in [7, 11) is -1.61. The number of aliphatic hydroxyl groups is 1. The van der Waals surface area contributed by atoms with E-state index in [4.69, 9.17) is 10.2 Å². The lowest BCUT2D eigenvalue weighted by Gasteiger charge is -2.14. The number of hydrogen-bond acceptors (Lipinski definition) is 9. The monoisotopic (exact) mass is 376 g/mol. The third-order valence-corrected chi connectivity index (χ3v) is 5.07. The smallest absolute Gasteiger partial charge is 0.337 e. The molecule has 0 saturated carbocycles. The lowest BCUT2D eigenvalue weighted by Crippen LogP contribution is -2.38. The van der Waals surface area contributed by atoms with Crippen molar-refractivity contribution in [1.82, 2.24) is 24.2 Å². The van der Waals surface area contributed by atoms with Crippen LogP contribution in [0.3, 0.4) is 0 Å². The predicted octanol–water partition coefficient (Wildman–Crippen LogP) is -2.01. The molecule has 5 N–H and O–H groups in total. The first-order chi connectivity index (χ1) is 11.7. The highest BCUT2D eigenvalue weighted by Gasteiger charge is 2.57. The standard InChI is InChI=1S/C12H21N7O5S/c1-3-25(23,24)18-8-7-19(8,2)12-16-10(13-4-5-20)15-11(17-12)14-6-9(21)22/h8,18,20H,3-7H2,1-2H3,(H2-,13,14,15,16,17,21,22)/p+1. The molecule has 2 heterocycles. The summed E-state index contributed by atoms with van der Waals surface area (Å²) in [5, 5.41) is 23.0. The molecule has 1 aromatic heterocycles. The van der Waals surface area contributed by atoms with Crippen LogP contribution in [0.15, 0.2) is 0 Å². The molecule has 0 bridgehead atoms. The molecule has 0 radical (unpaired) electrons. The van der Waals surface area contributed by atoms with Crippen LogP contribution in [0.25, 0.3) is 0 Å². The molecule has 1 aliphatic rings. The molecule has 12 nitrogen and oxygen atoms in total. The molecule has 1 aliphatic heterocycles. The number of quaternary nitrogens is 1. The summed E-state index contributed by atoms with van der Waals surface area (Å²) >= 11 is 0. The Kier molecular flexibility index (Phi) is 5.72. The average molecular weight is 376 g/mol. The number of aliphatic hydroxyl groups excluding tert-OH is 1. The fourth-order valence-corrected chi connectivity index (χ4v) is 2.94. The molecule has 1 fully saturated rings. The first kappa shape index (κ1) is 19.2. The van der Waals surface area contributed by atoms with Gasteiger partial charge in [0, 0.05) is 6.54 Å². The zero-order chi connectivity index (χ0) is 18.7. The van der Waals surface area contributed by atoms with Gasteiger partial charge in [-0.15, -0.1) is 9.97 Å². The van der Waals surface area contributed by atoms with Crippen LogP contribution in [-0.4, -0.2) is 84.8 Å². The van der Waals surface area contributed by atoms with E-state index >= 15 is 0 Å². The van der Waals surface area contributed by atoms with Crippen LogP contribution in [-0.2, 0) is 14.8 Å². The Morgan fingerprint density at radius 1 is 1.28 bits per heavy atom. The van der Waals surface area contributed by atoms with Crippen molar-refractivity contribution in [2.24, 2.45) is 0 Å². The number of nitrogens with one attached hydrogen (secondary N) is 3. The second kappa shape index (κ2) is 7.43. The molecule has 1 saturated heterocycles. The van der Waals surface area contributed by atoms with E-state index in [1.54, 1.807) is 14.0 Å². The highest BCUT2D eigenvalue weighted by atomic mass is 32.2. The van der Waals surface area contributed by atoms with Crippen LogP contribution in [0.4, 0.5) is 17.8 Å². The Balaban J connectivity index is 2.23. The van der Waals surface area contributed by atoms with E-state index in [9.17, 15) is 13.2 Å². The number of carboxylic acids is 1. The van der Waals surface area contributed by atoms with Crippen LogP contribution < -0.4 is 19.8 Å². The van der Waals surface area contributed by atoms with Gasteiger partial charge in [0.25, 0.3) is 0 Å². The van der Waals surface area contributed by atoms with Crippen LogP contribution in [0.1, 0.15) is 6.92 Å². The van der Waals surface area contributed by atoms with E-state index < -0.39 is 22.2 Å². The first-order valence-corrected chi connectivity index (χ1v) is 9.27. The zero-order valence-corrected chi connectivity index (χ0v) is 14.7. The summed E-state index contributed by atoms with van der Waals surface area (Å²) < 4.78 is 26.2. The Morgan fingerprint density at radius 3 is 2.48 bits per heavy atom. The molecule has 140 valence electrons. The topological polar surface area (TPSA) is 166 Å². The van der Waals surface area contributed by atoms with E-state index in [0.29, 0.717) is 6.54 Å². The van der Waals surface area contributed by atoms with Crippen LogP contribution in [0.5, 0.6) is 0 Å². The number of hydrogen-bond donors (Lipinski definition) is 5. The molecule has 25 heavy (non-hydrogen) atoms. The number of rotatable bonds is 10. The lowest BCUT2D eigenvalue weighted by atomic mass is 10.6. The SMILES string of the molecule is CCS(=O)(=O)NC1C[N+]1(C)c1nc(NCCO)nc(NCC(=O)O)n1. The number of anilines is 2. The quantitative estimate of drug-likeness (QED) is 0.227. The van der Waals surface area contributed by atoms with Crippen molar-refractivity contribution < 1.29 is 23.4 Å². The van der Waals surface area contributed by atoms with Crippen molar-refractivity contribution in [3.63, 3.8) is 0 Å². The second-order valence-corrected chi connectivity index (χ2v) is 7.71. The first-order valence-electron chi connectivity index (χ1n) is 7.62. The minimum atomic E-state index is -3.37. The molecule has 2 rings (SSSR count). The molecular weight excluding hydrogens is 354 g/mol. The molecule has 1 aromatic rings. The maximum atomic E-state index is 11.7. The summed E-state index contributed by atoms with van der Waals surface area (Å²) in [6.07, 6.45) is -0.398. The number of carbonyl (C=O) groups is 1. The van der Waals surface area contributed by atoms with Crippen LogP contribution >= 0.6 is 0 Å². The van der Waals surface area contributed by atoms with Gasteiger partial charge in [-0.2, -0.15) is 9.71 Å². The average Bonchev–Trinajstić information content (AvgIpc) is 3.21. The normalized spacial score (nSPS) is 22.4. The maximum Gasteiger partial charge on any atom is 0.337 e. The fourth-order valence-electron chi connectivity index (χ4n) is 2.05. The van der Waals surface area contributed by atoms with Gasteiger partial charge in [0.15, 0.2) is 6.54 Å². The van der Waals surface area contributed by atoms with Crippen LogP contribution in [0.2, 0.25) is 0 Å². The van der Waals surface area contributed by atoms with Crippen molar-refractivity contribution >= 4 is 33.8 Å². The van der Waals surface area contributed by atoms with Gasteiger partial charge >= 0.3 is 11.9 Å². The fraction of sp³-hybridized carbons (Fsp3) is 0.667. The van der Waals surface area contributed by atoms with Gasteiger partial charge in [-0.1, -0.05) is 0 Å². The molecule has 0 amide bonds. The minimum absolute atomic E-state index is 0.0323. The van der Waals surface area contributed by atoms with Crippen LogP contribution in [0, 0.1) is 0 Å². The van der Waals surface area contributed by atoms with Crippen molar-refractivity contribution in [2.75, 3.05) is 49.7 Å². The summed E-state index contributed by atoms with van der Waals surface area (Å²) in [6, 6.07) is 0. The molecular formula is C12H22N7O5S+. The Bertz CT molecular complexity index is 743. The van der Waals surface area contributed by atoms with Gasteiger partial charge in [-0.25, -0.2) is 12.9 Å². The predicted molar refractivity (Wildman–Crippen MR) is 90.5 cm³/mol. The number of carboxylic acid groups (broad SMARTS) is 1. The lowest BCUT2D eigenvalue weighted by molar-refractivity contribution is -0.134. The van der Waals surface area contributed by atoms with Gasteiger partial charge in [0.1, 0.15) is 6.54 Å². The maximum absolute atomic E-state index is 11.7. The van der Waals surface area contributed by atoms with E-state index in [1.165, 1.54) is 0 Å². The second-order valence-electron chi connectivity index (χ2n) is 5.67. The molecule has 0 spiro atoms. The van der Waals surface area contributed by atoms with Gasteiger partial charge in [0.05, 0.1) is 19.4 Å². The Hall–Kier alpha value is -2.09. The molecule has 0 aromatic carbocycles. The van der Waals surface area contributed by atoms with Crippen molar-refractivity contribution in [1.29, 1.82) is 0 Å². The number of aromatic nitrogens is 3. The highest BCUT2D eigenvalue weighted by Crippen LogP contribution is 2.33. The molecule has 13 heteroatoms. The Labute approximate surface area is 144 Å². The summed E-state index contributed by atoms with van der Waals surface area (Å²) in [5.74, 6) is -0.610. The number of sulfonamides is 1. The highest BCUT2D eigenvalue weighted by molar-refractivity contribution is 7.89. The summed E-state index contributed by atoms with van der Waals surface area (Å²) in [4.78, 5) is 23.2. The minimum Gasteiger partial charge on any atom is -0.480 e. The molecule has 0 aliphatic carbocycles. The van der Waals surface area contributed by atoms with Crippen molar-refractivity contribution in [3.05, 3.63) is 0 Å². The molecule has 2 unspecified atom stereocenters. The third-order valence-electron chi connectivity index (χ3n) is 3.68. The Morgan fingerprint density at radius 2 is 1.92 bits per heavy atom.